The van der Waals surface area contributed by atoms with Crippen LogP contribution in [0.2, 0.25) is 0 Å². The lowest BCUT2D eigenvalue weighted by Gasteiger charge is -1.95. The first kappa shape index (κ1) is 9.28. The molecule has 3 heteroatoms. The van der Waals surface area contributed by atoms with Crippen LogP contribution in [0.4, 0.5) is 0 Å². The van der Waals surface area contributed by atoms with Gasteiger partial charge in [-0.05, 0) is 6.92 Å². The Morgan fingerprint density at radius 2 is 2.00 bits per heavy atom. The molecule has 0 unspecified atom stereocenters. The van der Waals surface area contributed by atoms with Crippen LogP contribution < -0.4 is 0 Å². The van der Waals surface area contributed by atoms with Crippen molar-refractivity contribution in [2.75, 3.05) is 0 Å². The molecule has 0 spiro atoms. The molecule has 1 heterocycles. The summed E-state index contributed by atoms with van der Waals surface area (Å²) in [5.41, 5.74) is 3.12. The third kappa shape index (κ3) is 1.80. The minimum atomic E-state index is 0.311. The van der Waals surface area contributed by atoms with Crippen LogP contribution in [0.5, 0.6) is 0 Å². The number of hydrogen-bond donors (Lipinski definition) is 0. The van der Waals surface area contributed by atoms with Crippen molar-refractivity contribution in [3.8, 4) is 11.3 Å². The monoisotopic (exact) mass is 207 g/mol. The molecule has 0 saturated heterocycles. The number of halogens is 1. The Bertz CT molecular complexity index is 419. The smallest absolute Gasteiger partial charge is 0.209 e. The van der Waals surface area contributed by atoms with E-state index in [0.29, 0.717) is 11.8 Å². The molecule has 2 aromatic rings. The van der Waals surface area contributed by atoms with E-state index in [1.807, 2.05) is 24.3 Å². The largest absolute Gasteiger partial charge is 0.447 e. The van der Waals surface area contributed by atoms with E-state index in [-0.39, 0.29) is 0 Å². The zero-order chi connectivity index (χ0) is 9.97. The lowest BCUT2D eigenvalue weighted by molar-refractivity contribution is 0.516. The maximum atomic E-state index is 5.60. The van der Waals surface area contributed by atoms with Crippen molar-refractivity contribution >= 4 is 11.6 Å². The maximum absolute atomic E-state index is 5.60. The van der Waals surface area contributed by atoms with E-state index in [0.717, 1.165) is 11.3 Å². The quantitative estimate of drug-likeness (QED) is 0.706. The Morgan fingerprint density at radius 3 is 2.57 bits per heavy atom. The Kier molecular flexibility index (Phi) is 2.55. The molecule has 2 rings (SSSR count). The van der Waals surface area contributed by atoms with Gasteiger partial charge < -0.3 is 4.42 Å². The van der Waals surface area contributed by atoms with Crippen LogP contribution in [0.25, 0.3) is 11.3 Å². The number of benzene rings is 1. The number of nitrogens with zero attached hydrogens (tertiary/aromatic N) is 1. The SMILES string of the molecule is Cc1ccc(-c2coc(CCl)n2)cc1. The molecule has 0 fully saturated rings. The Morgan fingerprint density at radius 1 is 1.29 bits per heavy atom. The van der Waals surface area contributed by atoms with Crippen LogP contribution >= 0.6 is 11.6 Å². The molecule has 0 amide bonds. The van der Waals surface area contributed by atoms with Crippen molar-refractivity contribution in [1.82, 2.24) is 4.98 Å². The minimum Gasteiger partial charge on any atom is -0.447 e. The van der Waals surface area contributed by atoms with E-state index in [4.69, 9.17) is 16.0 Å². The molecule has 0 bridgehead atoms. The summed E-state index contributed by atoms with van der Waals surface area (Å²) >= 11 is 5.60. The van der Waals surface area contributed by atoms with E-state index < -0.39 is 0 Å². The first-order valence-corrected chi connectivity index (χ1v) is 4.90. The first-order chi connectivity index (χ1) is 6.79. The van der Waals surface area contributed by atoms with Crippen LogP contribution in [0, 0.1) is 6.92 Å². The summed E-state index contributed by atoms with van der Waals surface area (Å²) < 4.78 is 5.16. The van der Waals surface area contributed by atoms with Crippen molar-refractivity contribution in [2.24, 2.45) is 0 Å². The van der Waals surface area contributed by atoms with Gasteiger partial charge >= 0.3 is 0 Å². The molecule has 1 aromatic heterocycles. The minimum absolute atomic E-state index is 0.311. The molecule has 72 valence electrons. The number of rotatable bonds is 2. The summed E-state index contributed by atoms with van der Waals surface area (Å²) in [6.07, 6.45) is 1.63. The summed E-state index contributed by atoms with van der Waals surface area (Å²) in [5, 5.41) is 0. The van der Waals surface area contributed by atoms with Crippen molar-refractivity contribution in [1.29, 1.82) is 0 Å². The van der Waals surface area contributed by atoms with Gasteiger partial charge in [-0.25, -0.2) is 4.98 Å². The Balaban J connectivity index is 2.34. The number of aryl methyl sites for hydroxylation is 1. The number of aromatic nitrogens is 1. The van der Waals surface area contributed by atoms with Gasteiger partial charge in [0.25, 0.3) is 0 Å². The third-order valence-corrected chi connectivity index (χ3v) is 2.24. The van der Waals surface area contributed by atoms with Crippen LogP contribution in [0.15, 0.2) is 34.9 Å². The third-order valence-electron chi connectivity index (χ3n) is 2.01. The summed E-state index contributed by atoms with van der Waals surface area (Å²) in [6, 6.07) is 8.13. The van der Waals surface area contributed by atoms with Crippen LogP contribution in [-0.2, 0) is 5.88 Å². The molecule has 0 aliphatic carbocycles. The fourth-order valence-electron chi connectivity index (χ4n) is 1.23. The molecule has 0 radical (unpaired) electrons. The van der Waals surface area contributed by atoms with Gasteiger partial charge in [-0.1, -0.05) is 29.8 Å². The highest BCUT2D eigenvalue weighted by molar-refractivity contribution is 6.16. The molecule has 0 N–H and O–H groups in total. The molecule has 1 aromatic carbocycles. The summed E-state index contributed by atoms with van der Waals surface area (Å²) in [6.45, 7) is 2.05. The van der Waals surface area contributed by atoms with Gasteiger partial charge in [0.2, 0.25) is 5.89 Å². The Hall–Kier alpha value is -1.28. The highest BCUT2D eigenvalue weighted by atomic mass is 35.5. The van der Waals surface area contributed by atoms with Gasteiger partial charge in [0.15, 0.2) is 0 Å². The lowest BCUT2D eigenvalue weighted by atomic mass is 10.1. The predicted molar refractivity (Wildman–Crippen MR) is 56.2 cm³/mol. The van der Waals surface area contributed by atoms with E-state index >= 15 is 0 Å². The van der Waals surface area contributed by atoms with Gasteiger partial charge in [0.05, 0.1) is 5.88 Å². The van der Waals surface area contributed by atoms with Crippen LogP contribution in [0.3, 0.4) is 0 Å². The second kappa shape index (κ2) is 3.84. The zero-order valence-electron chi connectivity index (χ0n) is 7.83. The fourth-order valence-corrected chi connectivity index (χ4v) is 1.35. The first-order valence-electron chi connectivity index (χ1n) is 4.37. The predicted octanol–water partition coefficient (Wildman–Crippen LogP) is 3.39. The second-order valence-electron chi connectivity index (χ2n) is 3.13. The second-order valence-corrected chi connectivity index (χ2v) is 3.39. The standard InChI is InChI=1S/C11H10ClNO/c1-8-2-4-9(5-3-8)10-7-14-11(6-12)13-10/h2-5,7H,6H2,1H3. The zero-order valence-corrected chi connectivity index (χ0v) is 8.58. The van der Waals surface area contributed by atoms with E-state index in [1.165, 1.54) is 5.56 Å². The van der Waals surface area contributed by atoms with Crippen molar-refractivity contribution in [3.63, 3.8) is 0 Å². The molecule has 0 aliphatic heterocycles. The highest BCUT2D eigenvalue weighted by Crippen LogP contribution is 2.19. The molecule has 14 heavy (non-hydrogen) atoms. The topological polar surface area (TPSA) is 26.0 Å². The van der Waals surface area contributed by atoms with Gasteiger partial charge in [0, 0.05) is 5.56 Å². The van der Waals surface area contributed by atoms with Gasteiger partial charge in [-0.3, -0.25) is 0 Å². The molecular weight excluding hydrogens is 198 g/mol. The maximum Gasteiger partial charge on any atom is 0.209 e. The van der Waals surface area contributed by atoms with Gasteiger partial charge in [-0.15, -0.1) is 11.6 Å². The number of hydrogen-bond acceptors (Lipinski definition) is 2. The number of alkyl halides is 1. The van der Waals surface area contributed by atoms with Crippen molar-refractivity contribution in [2.45, 2.75) is 12.8 Å². The average Bonchev–Trinajstić information content (AvgIpc) is 2.67. The average molecular weight is 208 g/mol. The highest BCUT2D eigenvalue weighted by Gasteiger charge is 2.04. The van der Waals surface area contributed by atoms with Crippen LogP contribution in [-0.4, -0.2) is 4.98 Å². The fraction of sp³-hybridized carbons (Fsp3) is 0.182. The van der Waals surface area contributed by atoms with Gasteiger partial charge in [-0.2, -0.15) is 0 Å². The summed E-state index contributed by atoms with van der Waals surface area (Å²) in [4.78, 5) is 4.23. The van der Waals surface area contributed by atoms with E-state index in [9.17, 15) is 0 Å². The number of oxazole rings is 1. The van der Waals surface area contributed by atoms with Crippen molar-refractivity contribution < 1.29 is 4.42 Å². The molecule has 0 aliphatic rings. The van der Waals surface area contributed by atoms with E-state index in [2.05, 4.69) is 11.9 Å². The Labute approximate surface area is 87.5 Å². The van der Waals surface area contributed by atoms with Crippen molar-refractivity contribution in [3.05, 3.63) is 42.0 Å². The van der Waals surface area contributed by atoms with E-state index in [1.54, 1.807) is 6.26 Å². The normalized spacial score (nSPS) is 10.4. The summed E-state index contributed by atoms with van der Waals surface area (Å²) in [7, 11) is 0. The molecule has 0 saturated carbocycles. The lowest BCUT2D eigenvalue weighted by Crippen LogP contribution is -1.80. The summed E-state index contributed by atoms with van der Waals surface area (Å²) in [5.74, 6) is 0.869. The van der Waals surface area contributed by atoms with Crippen LogP contribution in [0.1, 0.15) is 11.5 Å². The molecular formula is C11H10ClNO. The molecule has 0 atom stereocenters. The molecule has 2 nitrogen and oxygen atoms in total. The van der Waals surface area contributed by atoms with Gasteiger partial charge in [0.1, 0.15) is 12.0 Å².